The zero-order valence-electron chi connectivity index (χ0n) is 13.0. The highest BCUT2D eigenvalue weighted by Crippen LogP contribution is 2.32. The molecular formula is C19H19NO3. The van der Waals surface area contributed by atoms with Crippen LogP contribution in [0, 0.1) is 12.8 Å². The van der Waals surface area contributed by atoms with E-state index in [9.17, 15) is 14.7 Å². The molecule has 4 heteroatoms. The summed E-state index contributed by atoms with van der Waals surface area (Å²) in [6, 6.07) is 14.3. The molecule has 1 N–H and O–H groups in total. The quantitative estimate of drug-likeness (QED) is 0.915. The Morgan fingerprint density at radius 2 is 1.74 bits per heavy atom. The summed E-state index contributed by atoms with van der Waals surface area (Å²) < 4.78 is 0. The number of amides is 1. The topological polar surface area (TPSA) is 57.6 Å². The summed E-state index contributed by atoms with van der Waals surface area (Å²) in [6.45, 7) is 2.48. The van der Waals surface area contributed by atoms with Crippen LogP contribution in [0.2, 0.25) is 0 Å². The van der Waals surface area contributed by atoms with Gasteiger partial charge in [-0.25, -0.2) is 4.79 Å². The number of carboxylic acids is 1. The van der Waals surface area contributed by atoms with Crippen molar-refractivity contribution in [2.24, 2.45) is 5.92 Å². The Labute approximate surface area is 135 Å². The molecular weight excluding hydrogens is 290 g/mol. The van der Waals surface area contributed by atoms with E-state index in [1.165, 1.54) is 6.07 Å². The molecule has 2 aromatic carbocycles. The van der Waals surface area contributed by atoms with Crippen LogP contribution < -0.4 is 4.90 Å². The first-order chi connectivity index (χ1) is 11.0. The predicted octanol–water partition coefficient (Wildman–Crippen LogP) is 3.75. The number of para-hydroxylation sites is 1. The Bertz CT molecular complexity index is 736. The number of benzene rings is 2. The number of hydrogen-bond donors (Lipinski definition) is 1. The minimum Gasteiger partial charge on any atom is -0.478 e. The van der Waals surface area contributed by atoms with Crippen LogP contribution in [0.3, 0.4) is 0 Å². The molecule has 1 aliphatic carbocycles. The minimum atomic E-state index is -1.02. The van der Waals surface area contributed by atoms with Gasteiger partial charge >= 0.3 is 5.97 Å². The molecule has 1 amide bonds. The summed E-state index contributed by atoms with van der Waals surface area (Å²) in [5.74, 6) is -0.617. The van der Waals surface area contributed by atoms with Crippen LogP contribution in [0.15, 0.2) is 48.5 Å². The molecule has 0 spiro atoms. The van der Waals surface area contributed by atoms with Gasteiger partial charge in [0, 0.05) is 17.8 Å². The average molecular weight is 309 g/mol. The molecule has 23 heavy (non-hydrogen) atoms. The minimum absolute atomic E-state index is 0.144. The van der Waals surface area contributed by atoms with Gasteiger partial charge in [0.15, 0.2) is 0 Å². The molecule has 1 aliphatic rings. The van der Waals surface area contributed by atoms with Crippen molar-refractivity contribution < 1.29 is 14.7 Å². The second-order valence-corrected chi connectivity index (χ2v) is 6.09. The van der Waals surface area contributed by atoms with E-state index < -0.39 is 5.97 Å². The zero-order chi connectivity index (χ0) is 16.4. The summed E-state index contributed by atoms with van der Waals surface area (Å²) in [4.78, 5) is 26.0. The molecule has 0 saturated heterocycles. The van der Waals surface area contributed by atoms with Crippen molar-refractivity contribution in [2.75, 3.05) is 11.4 Å². The summed E-state index contributed by atoms with van der Waals surface area (Å²) >= 11 is 0. The number of carboxylic acid groups (broad SMARTS) is 1. The first-order valence-corrected chi connectivity index (χ1v) is 7.76. The fourth-order valence-corrected chi connectivity index (χ4v) is 2.66. The first kappa shape index (κ1) is 15.3. The van der Waals surface area contributed by atoms with E-state index in [1.54, 1.807) is 24.0 Å². The van der Waals surface area contributed by atoms with Gasteiger partial charge in [-0.3, -0.25) is 4.79 Å². The Kier molecular flexibility index (Phi) is 4.15. The summed E-state index contributed by atoms with van der Waals surface area (Å²) in [7, 11) is 0. The van der Waals surface area contributed by atoms with Crippen LogP contribution in [-0.2, 0) is 0 Å². The number of carbonyl (C=O) groups excluding carboxylic acids is 1. The van der Waals surface area contributed by atoms with Crippen LogP contribution in [0.5, 0.6) is 0 Å². The van der Waals surface area contributed by atoms with E-state index in [0.29, 0.717) is 18.0 Å². The lowest BCUT2D eigenvalue weighted by Crippen LogP contribution is -2.33. The van der Waals surface area contributed by atoms with Gasteiger partial charge in [-0.1, -0.05) is 18.2 Å². The van der Waals surface area contributed by atoms with Crippen LogP contribution in [-0.4, -0.2) is 23.5 Å². The molecule has 0 atom stereocenters. The maximum Gasteiger partial charge on any atom is 0.335 e. The molecule has 1 saturated carbocycles. The van der Waals surface area contributed by atoms with Gasteiger partial charge in [-0.2, -0.15) is 0 Å². The van der Waals surface area contributed by atoms with E-state index in [-0.39, 0.29) is 11.5 Å². The van der Waals surface area contributed by atoms with Crippen molar-refractivity contribution >= 4 is 17.6 Å². The third-order valence-corrected chi connectivity index (χ3v) is 4.02. The first-order valence-electron chi connectivity index (χ1n) is 7.76. The standard InChI is InChI=1S/C19H19NO3/c1-13-9-15(11-16(10-13)19(22)23)18(21)20(12-14-7-8-14)17-5-3-2-4-6-17/h2-6,9-11,14H,7-8,12H2,1H3,(H,22,23). The summed E-state index contributed by atoms with van der Waals surface area (Å²) in [6.07, 6.45) is 2.29. The Morgan fingerprint density at radius 3 is 2.35 bits per heavy atom. The smallest absolute Gasteiger partial charge is 0.335 e. The molecule has 118 valence electrons. The third-order valence-electron chi connectivity index (χ3n) is 4.02. The number of aromatic carboxylic acids is 1. The van der Waals surface area contributed by atoms with E-state index in [4.69, 9.17) is 0 Å². The number of rotatable bonds is 5. The number of anilines is 1. The monoisotopic (exact) mass is 309 g/mol. The van der Waals surface area contributed by atoms with Gasteiger partial charge in [0.05, 0.1) is 5.56 Å². The van der Waals surface area contributed by atoms with Crippen molar-refractivity contribution in [3.63, 3.8) is 0 Å². The molecule has 0 heterocycles. The van der Waals surface area contributed by atoms with E-state index in [1.807, 2.05) is 30.3 Å². The number of carbonyl (C=O) groups is 2. The predicted molar refractivity (Wildman–Crippen MR) is 89.0 cm³/mol. The van der Waals surface area contributed by atoms with Crippen LogP contribution in [0.1, 0.15) is 39.1 Å². The maximum atomic E-state index is 13.0. The van der Waals surface area contributed by atoms with Gasteiger partial charge in [0.1, 0.15) is 0 Å². The lowest BCUT2D eigenvalue weighted by molar-refractivity contribution is 0.0696. The second kappa shape index (κ2) is 6.24. The molecule has 0 aromatic heterocycles. The Morgan fingerprint density at radius 1 is 1.09 bits per heavy atom. The van der Waals surface area contributed by atoms with Crippen molar-refractivity contribution in [1.29, 1.82) is 0 Å². The zero-order valence-corrected chi connectivity index (χ0v) is 13.0. The Hall–Kier alpha value is -2.62. The number of aryl methyl sites for hydroxylation is 1. The SMILES string of the molecule is Cc1cc(C(=O)O)cc(C(=O)N(CC2CC2)c2ccccc2)c1. The number of nitrogens with zero attached hydrogens (tertiary/aromatic N) is 1. The molecule has 0 aliphatic heterocycles. The molecule has 3 rings (SSSR count). The average Bonchev–Trinajstić information content (AvgIpc) is 3.36. The normalized spacial score (nSPS) is 13.6. The van der Waals surface area contributed by atoms with E-state index >= 15 is 0 Å². The van der Waals surface area contributed by atoms with Gasteiger partial charge in [-0.05, 0) is 61.6 Å². The molecule has 0 bridgehead atoms. The lowest BCUT2D eigenvalue weighted by atomic mass is 10.0. The van der Waals surface area contributed by atoms with Crippen LogP contribution >= 0.6 is 0 Å². The van der Waals surface area contributed by atoms with E-state index in [0.717, 1.165) is 24.1 Å². The molecule has 0 radical (unpaired) electrons. The largest absolute Gasteiger partial charge is 0.478 e. The molecule has 0 unspecified atom stereocenters. The Balaban J connectivity index is 1.96. The highest BCUT2D eigenvalue weighted by atomic mass is 16.4. The van der Waals surface area contributed by atoms with Crippen LogP contribution in [0.4, 0.5) is 5.69 Å². The van der Waals surface area contributed by atoms with Gasteiger partial charge < -0.3 is 10.0 Å². The maximum absolute atomic E-state index is 13.0. The van der Waals surface area contributed by atoms with Crippen molar-refractivity contribution in [1.82, 2.24) is 0 Å². The van der Waals surface area contributed by atoms with Gasteiger partial charge in [-0.15, -0.1) is 0 Å². The van der Waals surface area contributed by atoms with Gasteiger partial charge in [0.25, 0.3) is 5.91 Å². The summed E-state index contributed by atoms with van der Waals surface area (Å²) in [5, 5.41) is 9.20. The summed E-state index contributed by atoms with van der Waals surface area (Å²) in [5.41, 5.74) is 2.19. The fourth-order valence-electron chi connectivity index (χ4n) is 2.66. The molecule has 4 nitrogen and oxygen atoms in total. The van der Waals surface area contributed by atoms with E-state index in [2.05, 4.69) is 0 Å². The van der Waals surface area contributed by atoms with Crippen molar-refractivity contribution in [3.05, 3.63) is 65.2 Å². The molecule has 1 fully saturated rings. The van der Waals surface area contributed by atoms with Crippen molar-refractivity contribution in [3.8, 4) is 0 Å². The van der Waals surface area contributed by atoms with Crippen LogP contribution in [0.25, 0.3) is 0 Å². The number of hydrogen-bond acceptors (Lipinski definition) is 2. The third kappa shape index (κ3) is 3.59. The highest BCUT2D eigenvalue weighted by molar-refractivity contribution is 6.07. The van der Waals surface area contributed by atoms with Gasteiger partial charge in [0.2, 0.25) is 0 Å². The highest BCUT2D eigenvalue weighted by Gasteiger charge is 2.28. The fraction of sp³-hybridized carbons (Fsp3) is 0.263. The molecule has 2 aromatic rings. The van der Waals surface area contributed by atoms with Crippen molar-refractivity contribution in [2.45, 2.75) is 19.8 Å². The second-order valence-electron chi connectivity index (χ2n) is 6.09. The lowest BCUT2D eigenvalue weighted by Gasteiger charge is -2.23.